The van der Waals surface area contributed by atoms with Crippen LogP contribution in [0.2, 0.25) is 0 Å². The van der Waals surface area contributed by atoms with Crippen molar-refractivity contribution in [1.82, 2.24) is 9.13 Å². The molecule has 37 heavy (non-hydrogen) atoms. The summed E-state index contributed by atoms with van der Waals surface area (Å²) in [5, 5.41) is 2.46. The number of halogens is 1. The Hall–Kier alpha value is -3.17. The molecular formula is C33H36ClN3. The third-order valence-corrected chi connectivity index (χ3v) is 8.72. The first-order chi connectivity index (χ1) is 18.1. The molecule has 0 unspecified atom stereocenters. The van der Waals surface area contributed by atoms with Crippen LogP contribution >= 0.6 is 11.6 Å². The van der Waals surface area contributed by atoms with Gasteiger partial charge in [0.2, 0.25) is 0 Å². The Kier molecular flexibility index (Phi) is 6.28. The van der Waals surface area contributed by atoms with Crippen LogP contribution < -0.4 is 4.90 Å². The lowest BCUT2D eigenvalue weighted by Gasteiger charge is -2.29. The van der Waals surface area contributed by atoms with E-state index in [9.17, 15) is 0 Å². The first kappa shape index (κ1) is 24.2. The van der Waals surface area contributed by atoms with Gasteiger partial charge in [-0.1, -0.05) is 62.4 Å². The van der Waals surface area contributed by atoms with Gasteiger partial charge in [-0.25, -0.2) is 0 Å². The maximum atomic E-state index is 8.13. The lowest BCUT2D eigenvalue weighted by Crippen LogP contribution is -2.23. The molecule has 1 aliphatic rings. The van der Waals surface area contributed by atoms with Crippen molar-refractivity contribution >= 4 is 39.1 Å². The molecule has 0 bridgehead atoms. The van der Waals surface area contributed by atoms with Crippen LogP contribution in [0.25, 0.3) is 21.8 Å². The van der Waals surface area contributed by atoms with Gasteiger partial charge in [0.1, 0.15) is 4.87 Å². The van der Waals surface area contributed by atoms with Crippen LogP contribution in [0.15, 0.2) is 79.1 Å². The third-order valence-electron chi connectivity index (χ3n) is 8.10. The van der Waals surface area contributed by atoms with Crippen molar-refractivity contribution in [1.29, 1.82) is 0 Å². The molecule has 5 aromatic rings. The first-order valence-electron chi connectivity index (χ1n) is 13.8. The number of nitrogens with zero attached hydrogens (tertiary/aromatic N) is 3. The molecule has 0 saturated carbocycles. The van der Waals surface area contributed by atoms with Crippen LogP contribution in [0.5, 0.6) is 0 Å². The fraction of sp³-hybridized carbons (Fsp3) is 0.333. The van der Waals surface area contributed by atoms with Crippen molar-refractivity contribution in [3.63, 3.8) is 0 Å². The van der Waals surface area contributed by atoms with Crippen molar-refractivity contribution in [3.8, 4) is 0 Å². The first-order valence-corrected chi connectivity index (χ1v) is 14.2. The van der Waals surface area contributed by atoms with Gasteiger partial charge in [-0.05, 0) is 55.5 Å². The highest BCUT2D eigenvalue weighted by atomic mass is 35.5. The molecule has 3 aromatic carbocycles. The fourth-order valence-corrected chi connectivity index (χ4v) is 6.78. The number of aryl methyl sites for hydroxylation is 2. The van der Waals surface area contributed by atoms with E-state index in [-0.39, 0.29) is 0 Å². The highest BCUT2D eigenvalue weighted by Gasteiger charge is 2.40. The van der Waals surface area contributed by atoms with Crippen LogP contribution in [0.1, 0.15) is 55.9 Å². The summed E-state index contributed by atoms with van der Waals surface area (Å²) in [7, 11) is 0. The molecule has 0 saturated heterocycles. The van der Waals surface area contributed by atoms with Crippen molar-refractivity contribution < 1.29 is 0 Å². The Morgan fingerprint density at radius 1 is 0.757 bits per heavy atom. The molecule has 3 nitrogen and oxygen atoms in total. The molecule has 190 valence electrons. The lowest BCUT2D eigenvalue weighted by molar-refractivity contribution is 0.692. The minimum atomic E-state index is -0.814. The van der Waals surface area contributed by atoms with Crippen molar-refractivity contribution in [2.24, 2.45) is 0 Å². The minimum absolute atomic E-state index is 0.814. The number of rotatable bonds is 8. The number of benzene rings is 3. The zero-order valence-electron chi connectivity index (χ0n) is 22.2. The molecule has 0 N–H and O–H groups in total. The number of hydrogen-bond donors (Lipinski definition) is 0. The summed E-state index contributed by atoms with van der Waals surface area (Å²) in [6, 6.07) is 24.5. The van der Waals surface area contributed by atoms with Crippen molar-refractivity contribution in [2.45, 2.75) is 58.0 Å². The number of likely N-dealkylation sites (N-methyl/N-ethyl adjacent to an activating group) is 1. The van der Waals surface area contributed by atoms with E-state index >= 15 is 0 Å². The highest BCUT2D eigenvalue weighted by Crippen LogP contribution is 2.50. The van der Waals surface area contributed by atoms with E-state index < -0.39 is 4.87 Å². The van der Waals surface area contributed by atoms with Gasteiger partial charge in [-0.15, -0.1) is 11.6 Å². The fourth-order valence-electron chi connectivity index (χ4n) is 6.36. The van der Waals surface area contributed by atoms with Crippen LogP contribution in [0.4, 0.5) is 5.69 Å². The molecule has 1 aliphatic heterocycles. The number of alkyl halides is 1. The second kappa shape index (κ2) is 9.61. The largest absolute Gasteiger partial charge is 0.371 e. The number of aromatic nitrogens is 2. The lowest BCUT2D eigenvalue weighted by atomic mass is 9.83. The van der Waals surface area contributed by atoms with Gasteiger partial charge in [0.25, 0.3) is 0 Å². The molecule has 0 atom stereocenters. The predicted molar refractivity (Wildman–Crippen MR) is 158 cm³/mol. The average molecular weight is 510 g/mol. The third kappa shape index (κ3) is 3.78. The van der Waals surface area contributed by atoms with E-state index in [2.05, 4.69) is 114 Å². The van der Waals surface area contributed by atoms with Gasteiger partial charge >= 0.3 is 0 Å². The van der Waals surface area contributed by atoms with Gasteiger partial charge in [0.15, 0.2) is 0 Å². The average Bonchev–Trinajstić information content (AvgIpc) is 3.63. The molecule has 0 fully saturated rings. The quantitative estimate of drug-likeness (QED) is 0.192. The normalized spacial score (nSPS) is 13.7. The minimum Gasteiger partial charge on any atom is -0.371 e. The van der Waals surface area contributed by atoms with E-state index in [0.717, 1.165) is 51.0 Å². The maximum absolute atomic E-state index is 8.13. The second-order valence-electron chi connectivity index (χ2n) is 10.3. The molecule has 4 heteroatoms. The Morgan fingerprint density at radius 3 is 1.86 bits per heavy atom. The zero-order valence-corrected chi connectivity index (χ0v) is 22.9. The van der Waals surface area contributed by atoms with Crippen molar-refractivity contribution in [2.75, 3.05) is 18.0 Å². The van der Waals surface area contributed by atoms with Crippen LogP contribution in [-0.2, 0) is 24.4 Å². The van der Waals surface area contributed by atoms with Gasteiger partial charge in [-0.3, -0.25) is 0 Å². The van der Waals surface area contributed by atoms with E-state index in [0.29, 0.717) is 0 Å². The smallest absolute Gasteiger partial charge is 0.124 e. The van der Waals surface area contributed by atoms with E-state index in [4.69, 9.17) is 11.6 Å². The van der Waals surface area contributed by atoms with Gasteiger partial charge < -0.3 is 14.0 Å². The number of anilines is 1. The van der Waals surface area contributed by atoms with Crippen LogP contribution in [0.3, 0.4) is 0 Å². The molecule has 0 aliphatic carbocycles. The monoisotopic (exact) mass is 509 g/mol. The maximum Gasteiger partial charge on any atom is 0.124 e. The van der Waals surface area contributed by atoms with Gasteiger partial charge in [0, 0.05) is 77.2 Å². The van der Waals surface area contributed by atoms with Crippen LogP contribution in [0, 0.1) is 0 Å². The molecule has 6 rings (SSSR count). The van der Waals surface area contributed by atoms with E-state index in [1.807, 2.05) is 0 Å². The topological polar surface area (TPSA) is 13.1 Å². The summed E-state index contributed by atoms with van der Waals surface area (Å²) in [4.78, 5) is 1.65. The molecule has 3 heterocycles. The number of hydrogen-bond acceptors (Lipinski definition) is 1. The van der Waals surface area contributed by atoms with E-state index in [1.54, 1.807) is 0 Å². The summed E-state index contributed by atoms with van der Waals surface area (Å²) >= 11 is 8.13. The predicted octanol–water partition coefficient (Wildman–Crippen LogP) is 8.33. The Morgan fingerprint density at radius 2 is 1.32 bits per heavy atom. The summed E-state index contributed by atoms with van der Waals surface area (Å²) in [5.74, 6) is 0. The molecule has 2 aromatic heterocycles. The summed E-state index contributed by atoms with van der Waals surface area (Å²) < 4.78 is 4.78. The highest BCUT2D eigenvalue weighted by molar-refractivity contribution is 6.30. The molecule has 0 amide bonds. The molecule has 0 spiro atoms. The standard InChI is InChI=1S/C33H36ClN3/c1-4-18-36-22-28(26-11-7-9-13-31(26)36)33(34,25-15-16-30-24(21-25)17-20-35(30)6-3)29-23-37(19-5-2)32-14-10-8-12-27(29)32/h7-16,21-23H,4-6,17-20H2,1-3H3. The summed E-state index contributed by atoms with van der Waals surface area (Å²) in [6.45, 7) is 10.8. The van der Waals surface area contributed by atoms with Gasteiger partial charge in [0.05, 0.1) is 0 Å². The van der Waals surface area contributed by atoms with Crippen LogP contribution in [-0.4, -0.2) is 22.2 Å². The number of fused-ring (bicyclic) bond motifs is 3. The SMILES string of the molecule is CCCn1cc(C(Cl)(c2ccc3c(c2)CCN3CC)c2cn(CCC)c3ccccc23)c2ccccc21. The molecular weight excluding hydrogens is 474 g/mol. The zero-order chi connectivity index (χ0) is 25.6. The Labute approximate surface area is 225 Å². The second-order valence-corrected chi connectivity index (χ2v) is 10.9. The number of para-hydroxylation sites is 2. The van der Waals surface area contributed by atoms with Crippen molar-refractivity contribution in [3.05, 3.63) is 101 Å². The summed E-state index contributed by atoms with van der Waals surface area (Å²) in [5.41, 5.74) is 8.75. The van der Waals surface area contributed by atoms with Gasteiger partial charge in [-0.2, -0.15) is 0 Å². The van der Waals surface area contributed by atoms with E-state index in [1.165, 1.54) is 44.2 Å². The Balaban J connectivity index is 1.67. The Bertz CT molecular complexity index is 1490. The summed E-state index contributed by atoms with van der Waals surface area (Å²) in [6.07, 6.45) is 7.86. The molecule has 0 radical (unpaired) electrons.